The van der Waals surface area contributed by atoms with Gasteiger partial charge in [-0.3, -0.25) is 4.79 Å². The van der Waals surface area contributed by atoms with Gasteiger partial charge < -0.3 is 14.7 Å². The van der Waals surface area contributed by atoms with Gasteiger partial charge in [-0.25, -0.2) is 4.79 Å². The van der Waals surface area contributed by atoms with Gasteiger partial charge in [0.15, 0.2) is 0 Å². The lowest BCUT2D eigenvalue weighted by molar-refractivity contribution is -0.143. The van der Waals surface area contributed by atoms with Gasteiger partial charge in [0.2, 0.25) is 0 Å². The number of hydrogen-bond donors (Lipinski definition) is 1. The van der Waals surface area contributed by atoms with Crippen LogP contribution in [0.15, 0.2) is 0 Å². The van der Waals surface area contributed by atoms with E-state index in [1.165, 1.54) is 0 Å². The number of hydrogen-bond acceptors (Lipinski definition) is 3. The number of nitrogens with zero attached hydrogens (tertiary/aromatic N) is 1. The Morgan fingerprint density at radius 1 is 1.44 bits per heavy atom. The lowest BCUT2D eigenvalue weighted by Crippen LogP contribution is -2.46. The third kappa shape index (κ3) is 3.12. The number of aliphatic carboxylic acids is 1. The number of rotatable bonds is 2. The molecule has 0 aliphatic carbocycles. The number of amides is 1. The van der Waals surface area contributed by atoms with Gasteiger partial charge in [0.1, 0.15) is 0 Å². The van der Waals surface area contributed by atoms with Crippen LogP contribution in [0.5, 0.6) is 0 Å². The minimum atomic E-state index is -0.774. The molecular weight excluding hydrogens is 210 g/mol. The Morgan fingerprint density at radius 2 is 2.06 bits per heavy atom. The number of likely N-dealkylation sites (tertiary alicyclic amines) is 1. The standard InChI is InChI=1S/C11H19NO4/c1-7(2)16-11(15)12-5-4-9(10(13)14)6-8(12)3/h7-9H,4-6H2,1-3H3,(H,13,14). The summed E-state index contributed by atoms with van der Waals surface area (Å²) >= 11 is 0. The van der Waals surface area contributed by atoms with Gasteiger partial charge in [-0.05, 0) is 33.6 Å². The smallest absolute Gasteiger partial charge is 0.410 e. The number of carboxylic acids is 1. The lowest BCUT2D eigenvalue weighted by atomic mass is 9.92. The van der Waals surface area contributed by atoms with E-state index in [4.69, 9.17) is 9.84 Å². The first kappa shape index (κ1) is 12.8. The summed E-state index contributed by atoms with van der Waals surface area (Å²) in [5.41, 5.74) is 0. The zero-order valence-corrected chi connectivity index (χ0v) is 9.97. The summed E-state index contributed by atoms with van der Waals surface area (Å²) < 4.78 is 5.10. The second-order valence-electron chi connectivity index (χ2n) is 4.53. The third-order valence-electron chi connectivity index (χ3n) is 2.80. The molecule has 0 aromatic carbocycles. The van der Waals surface area contributed by atoms with E-state index in [0.29, 0.717) is 19.4 Å². The van der Waals surface area contributed by atoms with Gasteiger partial charge in [-0.15, -0.1) is 0 Å². The Labute approximate surface area is 95.4 Å². The van der Waals surface area contributed by atoms with Gasteiger partial charge in [0, 0.05) is 12.6 Å². The first-order valence-corrected chi connectivity index (χ1v) is 5.62. The van der Waals surface area contributed by atoms with E-state index in [-0.39, 0.29) is 24.2 Å². The number of carboxylic acid groups (broad SMARTS) is 1. The van der Waals surface area contributed by atoms with Crippen molar-refractivity contribution in [2.45, 2.75) is 45.8 Å². The van der Waals surface area contributed by atoms with Crippen LogP contribution in [0.25, 0.3) is 0 Å². The van der Waals surface area contributed by atoms with Crippen LogP contribution >= 0.6 is 0 Å². The van der Waals surface area contributed by atoms with Crippen molar-refractivity contribution < 1.29 is 19.4 Å². The molecular formula is C11H19NO4. The second kappa shape index (κ2) is 5.18. The first-order chi connectivity index (χ1) is 7.41. The monoisotopic (exact) mass is 229 g/mol. The summed E-state index contributed by atoms with van der Waals surface area (Å²) in [6.45, 7) is 5.92. The van der Waals surface area contributed by atoms with Crippen molar-refractivity contribution in [2.75, 3.05) is 6.54 Å². The Hall–Kier alpha value is -1.26. The van der Waals surface area contributed by atoms with Crippen molar-refractivity contribution >= 4 is 12.1 Å². The maximum Gasteiger partial charge on any atom is 0.410 e. The average Bonchev–Trinajstić information content (AvgIpc) is 2.15. The van der Waals surface area contributed by atoms with Crippen LogP contribution in [0.4, 0.5) is 4.79 Å². The summed E-state index contributed by atoms with van der Waals surface area (Å²) in [7, 11) is 0. The molecule has 1 heterocycles. The molecule has 0 aromatic heterocycles. The fourth-order valence-corrected chi connectivity index (χ4v) is 1.94. The highest BCUT2D eigenvalue weighted by Gasteiger charge is 2.33. The number of carbonyl (C=O) groups excluding carboxylic acids is 1. The highest BCUT2D eigenvalue weighted by Crippen LogP contribution is 2.23. The lowest BCUT2D eigenvalue weighted by Gasteiger charge is -2.35. The summed E-state index contributed by atoms with van der Waals surface area (Å²) in [4.78, 5) is 24.1. The van der Waals surface area contributed by atoms with E-state index in [1.54, 1.807) is 18.7 Å². The largest absolute Gasteiger partial charge is 0.481 e. The molecule has 92 valence electrons. The SMILES string of the molecule is CC(C)OC(=O)N1CCC(C(=O)O)CC1C. The number of carbonyl (C=O) groups is 2. The van der Waals surface area contributed by atoms with Gasteiger partial charge in [-0.1, -0.05) is 0 Å². The fourth-order valence-electron chi connectivity index (χ4n) is 1.94. The third-order valence-corrected chi connectivity index (χ3v) is 2.80. The minimum absolute atomic E-state index is 0.0684. The molecule has 1 aliphatic rings. The van der Waals surface area contributed by atoms with Gasteiger partial charge in [0.25, 0.3) is 0 Å². The van der Waals surface area contributed by atoms with E-state index >= 15 is 0 Å². The summed E-state index contributed by atoms with van der Waals surface area (Å²) in [5, 5.41) is 8.89. The summed E-state index contributed by atoms with van der Waals surface area (Å²) in [6.07, 6.45) is 0.526. The van der Waals surface area contributed by atoms with Crippen molar-refractivity contribution in [3.63, 3.8) is 0 Å². The quantitative estimate of drug-likeness (QED) is 0.782. The van der Waals surface area contributed by atoms with Crippen LogP contribution in [0, 0.1) is 5.92 Å². The average molecular weight is 229 g/mol. The van der Waals surface area contributed by atoms with Crippen molar-refractivity contribution in [3.05, 3.63) is 0 Å². The molecule has 1 fully saturated rings. The summed E-state index contributed by atoms with van der Waals surface area (Å²) in [5.74, 6) is -1.11. The first-order valence-electron chi connectivity index (χ1n) is 5.62. The summed E-state index contributed by atoms with van der Waals surface area (Å²) in [6, 6.07) is -0.0684. The Balaban J connectivity index is 2.53. The molecule has 1 aliphatic heterocycles. The highest BCUT2D eigenvalue weighted by atomic mass is 16.6. The molecule has 1 rings (SSSR count). The maximum atomic E-state index is 11.7. The van der Waals surface area contributed by atoms with Crippen molar-refractivity contribution in [1.82, 2.24) is 4.90 Å². The zero-order valence-electron chi connectivity index (χ0n) is 9.97. The molecule has 0 radical (unpaired) electrons. The topological polar surface area (TPSA) is 66.8 Å². The van der Waals surface area contributed by atoms with E-state index in [9.17, 15) is 9.59 Å². The molecule has 16 heavy (non-hydrogen) atoms. The van der Waals surface area contributed by atoms with E-state index < -0.39 is 5.97 Å². The van der Waals surface area contributed by atoms with Gasteiger partial charge >= 0.3 is 12.1 Å². The fraction of sp³-hybridized carbons (Fsp3) is 0.818. The molecule has 1 N–H and O–H groups in total. The van der Waals surface area contributed by atoms with Crippen molar-refractivity contribution in [2.24, 2.45) is 5.92 Å². The van der Waals surface area contributed by atoms with Crippen LogP contribution < -0.4 is 0 Å². The molecule has 2 atom stereocenters. The van der Waals surface area contributed by atoms with E-state index in [0.717, 1.165) is 0 Å². The minimum Gasteiger partial charge on any atom is -0.481 e. The predicted molar refractivity (Wildman–Crippen MR) is 58.1 cm³/mol. The van der Waals surface area contributed by atoms with Crippen LogP contribution in [-0.2, 0) is 9.53 Å². The van der Waals surface area contributed by atoms with Gasteiger partial charge in [0.05, 0.1) is 12.0 Å². The Kier molecular flexibility index (Phi) is 4.15. The molecule has 5 heteroatoms. The van der Waals surface area contributed by atoms with Gasteiger partial charge in [-0.2, -0.15) is 0 Å². The van der Waals surface area contributed by atoms with Crippen LogP contribution in [0.2, 0.25) is 0 Å². The molecule has 1 saturated heterocycles. The predicted octanol–water partition coefficient (Wildman–Crippen LogP) is 1.72. The van der Waals surface area contributed by atoms with Crippen molar-refractivity contribution in [1.29, 1.82) is 0 Å². The molecule has 5 nitrogen and oxygen atoms in total. The van der Waals surface area contributed by atoms with Crippen LogP contribution in [0.3, 0.4) is 0 Å². The Morgan fingerprint density at radius 3 is 2.50 bits per heavy atom. The molecule has 1 amide bonds. The highest BCUT2D eigenvalue weighted by molar-refractivity contribution is 5.72. The van der Waals surface area contributed by atoms with Crippen LogP contribution in [-0.4, -0.2) is 40.8 Å². The molecule has 0 spiro atoms. The second-order valence-corrected chi connectivity index (χ2v) is 4.53. The Bertz CT molecular complexity index is 277. The molecule has 0 aromatic rings. The number of piperidine rings is 1. The molecule has 0 bridgehead atoms. The normalized spacial score (nSPS) is 25.6. The van der Waals surface area contributed by atoms with E-state index in [1.807, 2.05) is 6.92 Å². The maximum absolute atomic E-state index is 11.7. The van der Waals surface area contributed by atoms with Crippen molar-refractivity contribution in [3.8, 4) is 0 Å². The number of ether oxygens (including phenoxy) is 1. The van der Waals surface area contributed by atoms with Crippen LogP contribution in [0.1, 0.15) is 33.6 Å². The molecule has 0 saturated carbocycles. The zero-order chi connectivity index (χ0) is 12.3. The van der Waals surface area contributed by atoms with E-state index in [2.05, 4.69) is 0 Å². The molecule has 2 unspecified atom stereocenters.